The van der Waals surface area contributed by atoms with Crippen LogP contribution in [0, 0.1) is 11.8 Å². The minimum absolute atomic E-state index is 0.128. The van der Waals surface area contributed by atoms with Crippen LogP contribution in [0.2, 0.25) is 0 Å². The molecule has 2 unspecified atom stereocenters. The second-order valence-corrected chi connectivity index (χ2v) is 6.22. The lowest BCUT2D eigenvalue weighted by Crippen LogP contribution is -2.35. The Morgan fingerprint density at radius 3 is 2.35 bits per heavy atom. The predicted molar refractivity (Wildman–Crippen MR) is 61.7 cm³/mol. The number of hydrogen-bond donors (Lipinski definition) is 0. The number of carbonyl (C=O) groups is 1. The Balaban J connectivity index is 2.66. The molecule has 0 saturated carbocycles. The third-order valence-corrected chi connectivity index (χ3v) is 4.17. The van der Waals surface area contributed by atoms with Gasteiger partial charge < -0.3 is 5.53 Å². The van der Waals surface area contributed by atoms with E-state index < -0.39 is 26.7 Å². The minimum atomic E-state index is -3.96. The van der Waals surface area contributed by atoms with Crippen LogP contribution >= 0.6 is 10.7 Å². The van der Waals surface area contributed by atoms with Crippen molar-refractivity contribution in [3.63, 3.8) is 0 Å². The molecular weight excluding hydrogens is 264 g/mol. The number of hydrogen-bond acceptors (Lipinski definition) is 3. The molecule has 88 valence electrons. The van der Waals surface area contributed by atoms with Crippen molar-refractivity contribution in [2.75, 3.05) is 0 Å². The number of allylic oxidation sites excluding steroid dienone is 6. The fourth-order valence-electron chi connectivity index (χ4n) is 1.91. The predicted octanol–water partition coefficient (Wildman–Crippen LogP) is 1.05. The summed E-state index contributed by atoms with van der Waals surface area (Å²) in [5.41, 5.74) is 8.38. The van der Waals surface area contributed by atoms with E-state index in [0.717, 1.165) is 6.08 Å². The molecule has 7 heteroatoms. The van der Waals surface area contributed by atoms with Gasteiger partial charge in [0.2, 0.25) is 0 Å². The van der Waals surface area contributed by atoms with E-state index in [4.69, 9.17) is 16.2 Å². The molecule has 0 aliphatic heterocycles. The van der Waals surface area contributed by atoms with E-state index >= 15 is 0 Å². The average molecular weight is 271 g/mol. The van der Waals surface area contributed by atoms with E-state index in [9.17, 15) is 13.2 Å². The fraction of sp³-hybridized carbons (Fsp3) is 0.200. The number of ketones is 1. The number of fused-ring (bicyclic) bond motifs is 1. The molecule has 2 aliphatic carbocycles. The summed E-state index contributed by atoms with van der Waals surface area (Å²) in [6.07, 6.45) is 7.44. The molecule has 0 aromatic carbocycles. The maximum atomic E-state index is 11.8. The van der Waals surface area contributed by atoms with Crippen molar-refractivity contribution < 1.29 is 18.0 Å². The van der Waals surface area contributed by atoms with Gasteiger partial charge in [-0.3, -0.25) is 4.79 Å². The molecule has 0 heterocycles. The summed E-state index contributed by atoms with van der Waals surface area (Å²) in [6, 6.07) is 0. The van der Waals surface area contributed by atoms with E-state index in [0.29, 0.717) is 0 Å². The van der Waals surface area contributed by atoms with Gasteiger partial charge in [0.1, 0.15) is 0 Å². The molecule has 2 aliphatic rings. The van der Waals surface area contributed by atoms with Gasteiger partial charge in [-0.15, -0.1) is 0 Å². The van der Waals surface area contributed by atoms with Gasteiger partial charge in [-0.25, -0.2) is 8.42 Å². The molecule has 0 aromatic rings. The van der Waals surface area contributed by atoms with Gasteiger partial charge >= 0.3 is 5.71 Å². The summed E-state index contributed by atoms with van der Waals surface area (Å²) in [6.45, 7) is 0. The first-order valence-corrected chi connectivity index (χ1v) is 7.03. The molecule has 17 heavy (non-hydrogen) atoms. The molecule has 5 nitrogen and oxygen atoms in total. The molecule has 0 amide bonds. The maximum Gasteiger partial charge on any atom is 0.359 e. The van der Waals surface area contributed by atoms with E-state index in [2.05, 4.69) is 4.79 Å². The number of Topliss-reactive ketones (excluding diaryl/α,β-unsaturated/α-hetero) is 1. The Morgan fingerprint density at radius 2 is 1.82 bits per heavy atom. The third-order valence-electron chi connectivity index (χ3n) is 2.69. The molecule has 0 fully saturated rings. The number of halogens is 1. The van der Waals surface area contributed by atoms with Gasteiger partial charge in [-0.05, 0) is 0 Å². The van der Waals surface area contributed by atoms with E-state index in [1.165, 1.54) is 0 Å². The maximum absolute atomic E-state index is 11.8. The van der Waals surface area contributed by atoms with Crippen LogP contribution in [0.25, 0.3) is 5.53 Å². The Kier molecular flexibility index (Phi) is 2.87. The highest BCUT2D eigenvalue weighted by Gasteiger charge is 2.43. The van der Waals surface area contributed by atoms with Crippen molar-refractivity contribution in [2.24, 2.45) is 11.8 Å². The average Bonchev–Trinajstić information content (AvgIpc) is 2.28. The number of nitrogens with zero attached hydrogens (tertiary/aromatic N) is 2. The van der Waals surface area contributed by atoms with Crippen molar-refractivity contribution in [1.82, 2.24) is 0 Å². The molecule has 0 radical (unpaired) electrons. The largest absolute Gasteiger partial charge is 0.361 e. The number of carbonyl (C=O) groups excluding carboxylic acids is 1. The molecule has 2 atom stereocenters. The van der Waals surface area contributed by atoms with Gasteiger partial charge in [0.25, 0.3) is 14.8 Å². The quantitative estimate of drug-likeness (QED) is 0.405. The first-order valence-electron chi connectivity index (χ1n) is 4.72. The van der Waals surface area contributed by atoms with E-state index in [-0.39, 0.29) is 10.6 Å². The van der Waals surface area contributed by atoms with E-state index in [1.807, 2.05) is 0 Å². The first-order chi connectivity index (χ1) is 7.95. The monoisotopic (exact) mass is 270 g/mol. The van der Waals surface area contributed by atoms with Crippen molar-refractivity contribution >= 4 is 31.2 Å². The zero-order valence-electron chi connectivity index (χ0n) is 8.45. The van der Waals surface area contributed by atoms with Crippen LogP contribution in [-0.2, 0) is 13.8 Å². The lowest BCUT2D eigenvalue weighted by molar-refractivity contribution is -0.120. The second-order valence-electron chi connectivity index (χ2n) is 3.66. The standard InChI is InChI=1S/C10H7ClN2O3S/c11-17(15,16)9-5-8(13-12)10(14)7-4-2-1-3-6(7)9/h1-7H. The van der Waals surface area contributed by atoms with Crippen LogP contribution in [0.15, 0.2) is 35.3 Å². The van der Waals surface area contributed by atoms with Crippen LogP contribution in [0.4, 0.5) is 0 Å². The summed E-state index contributed by atoms with van der Waals surface area (Å²) >= 11 is 0. The topological polar surface area (TPSA) is 87.6 Å². The Bertz CT molecular complexity index is 624. The van der Waals surface area contributed by atoms with Crippen LogP contribution in [-0.4, -0.2) is 24.7 Å². The molecule has 0 saturated heterocycles. The Hall–Kier alpha value is -1.49. The highest BCUT2D eigenvalue weighted by molar-refractivity contribution is 8.16. The van der Waals surface area contributed by atoms with Crippen molar-refractivity contribution in [3.8, 4) is 0 Å². The van der Waals surface area contributed by atoms with Gasteiger partial charge in [0.05, 0.1) is 10.8 Å². The summed E-state index contributed by atoms with van der Waals surface area (Å²) in [5.74, 6) is -1.73. The van der Waals surface area contributed by atoms with Crippen LogP contribution in [0.1, 0.15) is 0 Å². The minimum Gasteiger partial charge on any atom is -0.361 e. The zero-order chi connectivity index (χ0) is 12.6. The zero-order valence-corrected chi connectivity index (χ0v) is 10.0. The summed E-state index contributed by atoms with van der Waals surface area (Å²) in [7, 11) is 1.34. The Labute approximate surface area is 102 Å². The van der Waals surface area contributed by atoms with Crippen molar-refractivity contribution in [2.45, 2.75) is 0 Å². The Morgan fingerprint density at radius 1 is 1.24 bits per heavy atom. The van der Waals surface area contributed by atoms with Crippen LogP contribution in [0.3, 0.4) is 0 Å². The van der Waals surface area contributed by atoms with Gasteiger partial charge in [-0.2, -0.15) is 4.79 Å². The van der Waals surface area contributed by atoms with Crippen LogP contribution < -0.4 is 0 Å². The molecule has 2 rings (SSSR count). The van der Waals surface area contributed by atoms with E-state index in [1.54, 1.807) is 24.3 Å². The number of rotatable bonds is 1. The molecule has 0 N–H and O–H groups in total. The lowest BCUT2D eigenvalue weighted by atomic mass is 9.79. The molecule has 0 bridgehead atoms. The molecule has 0 aromatic heterocycles. The summed E-state index contributed by atoms with van der Waals surface area (Å²) in [4.78, 5) is 14.5. The second kappa shape index (κ2) is 4.07. The van der Waals surface area contributed by atoms with Gasteiger partial charge in [-0.1, -0.05) is 24.3 Å². The van der Waals surface area contributed by atoms with Crippen molar-refractivity contribution in [3.05, 3.63) is 40.8 Å². The molecule has 0 spiro atoms. The van der Waals surface area contributed by atoms with Gasteiger partial charge in [0, 0.05) is 22.7 Å². The van der Waals surface area contributed by atoms with Gasteiger partial charge in [0.15, 0.2) is 0 Å². The highest BCUT2D eigenvalue weighted by Crippen LogP contribution is 2.35. The third kappa shape index (κ3) is 2.02. The SMILES string of the molecule is [N-]=[N+]=C1C=C(S(=O)(=O)Cl)C2C=CC=CC2C1=O. The first kappa shape index (κ1) is 12.0. The van der Waals surface area contributed by atoms with Crippen LogP contribution in [0.5, 0.6) is 0 Å². The molecular formula is C10H7ClN2O3S. The summed E-state index contributed by atoms with van der Waals surface area (Å²) < 4.78 is 22.8. The normalized spacial score (nSPS) is 27.5. The highest BCUT2D eigenvalue weighted by atomic mass is 35.7. The summed E-state index contributed by atoms with van der Waals surface area (Å²) in [5, 5.41) is 0. The lowest BCUT2D eigenvalue weighted by Gasteiger charge is -2.25. The fourth-order valence-corrected chi connectivity index (χ4v) is 3.16. The van der Waals surface area contributed by atoms with Crippen molar-refractivity contribution in [1.29, 1.82) is 0 Å². The smallest absolute Gasteiger partial charge is 0.359 e.